The highest BCUT2D eigenvalue weighted by Gasteiger charge is 2.17. The minimum atomic E-state index is -0.0156. The van der Waals surface area contributed by atoms with Crippen LogP contribution in [0.25, 0.3) is 0 Å². The first kappa shape index (κ1) is 18.0. The van der Waals surface area contributed by atoms with E-state index in [2.05, 4.69) is 10.6 Å². The topological polar surface area (TPSA) is 61.4 Å². The quantitative estimate of drug-likeness (QED) is 0.751. The molecule has 1 fully saturated rings. The van der Waals surface area contributed by atoms with E-state index < -0.39 is 0 Å². The van der Waals surface area contributed by atoms with Crippen LogP contribution in [0.2, 0.25) is 0 Å². The fraction of sp³-hybridized carbons (Fsp3) is 0.875. The SMILES string of the molecule is CCNC(=O)CN(CC)CC(=O)NC1CCCCCCC1. The number of amides is 2. The number of hydrogen-bond donors (Lipinski definition) is 2. The molecule has 0 bridgehead atoms. The van der Waals surface area contributed by atoms with Gasteiger partial charge in [-0.05, 0) is 26.3 Å². The molecule has 0 radical (unpaired) electrons. The van der Waals surface area contributed by atoms with Crippen LogP contribution in [0.5, 0.6) is 0 Å². The summed E-state index contributed by atoms with van der Waals surface area (Å²) in [6, 6.07) is 0.320. The molecule has 0 unspecified atom stereocenters. The van der Waals surface area contributed by atoms with Gasteiger partial charge in [-0.1, -0.05) is 39.0 Å². The zero-order valence-corrected chi connectivity index (χ0v) is 13.6. The lowest BCUT2D eigenvalue weighted by Crippen LogP contribution is -2.45. The maximum atomic E-state index is 12.1. The second-order valence-electron chi connectivity index (χ2n) is 5.87. The summed E-state index contributed by atoms with van der Waals surface area (Å²) in [6.45, 7) is 5.81. The summed E-state index contributed by atoms with van der Waals surface area (Å²) in [7, 11) is 0. The normalized spacial score (nSPS) is 17.1. The van der Waals surface area contributed by atoms with Crippen molar-refractivity contribution in [3.8, 4) is 0 Å². The second-order valence-corrected chi connectivity index (χ2v) is 5.87. The highest BCUT2D eigenvalue weighted by molar-refractivity contribution is 5.81. The van der Waals surface area contributed by atoms with E-state index in [0.29, 0.717) is 32.2 Å². The van der Waals surface area contributed by atoms with Gasteiger partial charge in [-0.15, -0.1) is 0 Å². The van der Waals surface area contributed by atoms with Crippen LogP contribution in [0, 0.1) is 0 Å². The Morgan fingerprint density at radius 3 is 2.10 bits per heavy atom. The summed E-state index contributed by atoms with van der Waals surface area (Å²) in [5.74, 6) is 0.0322. The van der Waals surface area contributed by atoms with E-state index in [1.54, 1.807) is 0 Å². The summed E-state index contributed by atoms with van der Waals surface area (Å²) < 4.78 is 0. The Kier molecular flexibility index (Phi) is 9.06. The molecule has 0 saturated heterocycles. The molecule has 0 heterocycles. The minimum Gasteiger partial charge on any atom is -0.355 e. The predicted octanol–water partition coefficient (Wildman–Crippen LogP) is 1.67. The Labute approximate surface area is 128 Å². The lowest BCUT2D eigenvalue weighted by atomic mass is 9.97. The summed E-state index contributed by atoms with van der Waals surface area (Å²) in [6.07, 6.45) is 8.50. The van der Waals surface area contributed by atoms with Gasteiger partial charge in [-0.3, -0.25) is 14.5 Å². The van der Waals surface area contributed by atoms with Gasteiger partial charge in [0.2, 0.25) is 11.8 Å². The van der Waals surface area contributed by atoms with Crippen LogP contribution in [-0.2, 0) is 9.59 Å². The summed E-state index contributed by atoms with van der Waals surface area (Å²) in [5.41, 5.74) is 0. The Hall–Kier alpha value is -1.10. The molecule has 21 heavy (non-hydrogen) atoms. The molecule has 122 valence electrons. The maximum Gasteiger partial charge on any atom is 0.234 e. The van der Waals surface area contributed by atoms with Crippen LogP contribution in [0.4, 0.5) is 0 Å². The number of nitrogens with zero attached hydrogens (tertiary/aromatic N) is 1. The van der Waals surface area contributed by atoms with Gasteiger partial charge in [-0.25, -0.2) is 0 Å². The van der Waals surface area contributed by atoms with Crippen molar-refractivity contribution in [3.05, 3.63) is 0 Å². The van der Waals surface area contributed by atoms with Crippen LogP contribution in [0.1, 0.15) is 58.8 Å². The van der Waals surface area contributed by atoms with Crippen molar-refractivity contribution in [2.24, 2.45) is 0 Å². The van der Waals surface area contributed by atoms with Crippen LogP contribution in [-0.4, -0.2) is 48.9 Å². The predicted molar refractivity (Wildman–Crippen MR) is 85.0 cm³/mol. The molecule has 1 aliphatic rings. The van der Waals surface area contributed by atoms with E-state index in [4.69, 9.17) is 0 Å². The Morgan fingerprint density at radius 1 is 0.952 bits per heavy atom. The number of rotatable bonds is 7. The minimum absolute atomic E-state index is 0.0156. The Balaban J connectivity index is 2.33. The molecule has 0 atom stereocenters. The van der Waals surface area contributed by atoms with Gasteiger partial charge in [0, 0.05) is 12.6 Å². The molecular weight excluding hydrogens is 266 g/mol. The highest BCUT2D eigenvalue weighted by Crippen LogP contribution is 2.16. The molecule has 0 aromatic rings. The third-order valence-electron chi connectivity index (χ3n) is 4.03. The number of likely N-dealkylation sites (N-methyl/N-ethyl adjacent to an activating group) is 2. The first-order valence-electron chi connectivity index (χ1n) is 8.44. The van der Waals surface area contributed by atoms with Gasteiger partial charge >= 0.3 is 0 Å². The average molecular weight is 297 g/mol. The molecule has 1 rings (SSSR count). The molecule has 0 aromatic carbocycles. The average Bonchev–Trinajstić information content (AvgIpc) is 2.41. The number of carbonyl (C=O) groups excluding carboxylic acids is 2. The standard InChI is InChI=1S/C16H31N3O2/c1-3-17-15(20)12-19(4-2)13-16(21)18-14-10-8-6-5-7-9-11-14/h14H,3-13H2,1-2H3,(H,17,20)(H,18,21). The van der Waals surface area contributed by atoms with Gasteiger partial charge in [0.25, 0.3) is 0 Å². The maximum absolute atomic E-state index is 12.1. The highest BCUT2D eigenvalue weighted by atomic mass is 16.2. The zero-order chi connectivity index (χ0) is 15.5. The van der Waals surface area contributed by atoms with Crippen molar-refractivity contribution in [1.29, 1.82) is 0 Å². The summed E-state index contributed by atoms with van der Waals surface area (Å²) in [4.78, 5) is 25.6. The van der Waals surface area contributed by atoms with Crippen LogP contribution in [0.15, 0.2) is 0 Å². The molecule has 1 aliphatic carbocycles. The van der Waals surface area contributed by atoms with Crippen molar-refractivity contribution in [3.63, 3.8) is 0 Å². The molecule has 0 aliphatic heterocycles. The van der Waals surface area contributed by atoms with Crippen LogP contribution >= 0.6 is 0 Å². The van der Waals surface area contributed by atoms with Crippen molar-refractivity contribution in [1.82, 2.24) is 15.5 Å². The monoisotopic (exact) mass is 297 g/mol. The summed E-state index contributed by atoms with van der Waals surface area (Å²) >= 11 is 0. The first-order chi connectivity index (χ1) is 10.2. The molecule has 0 spiro atoms. The van der Waals surface area contributed by atoms with Crippen molar-refractivity contribution >= 4 is 11.8 Å². The molecule has 2 N–H and O–H groups in total. The molecular formula is C16H31N3O2. The third-order valence-corrected chi connectivity index (χ3v) is 4.03. The number of nitrogens with one attached hydrogen (secondary N) is 2. The fourth-order valence-corrected chi connectivity index (χ4v) is 2.81. The molecule has 2 amide bonds. The molecule has 5 heteroatoms. The fourth-order valence-electron chi connectivity index (χ4n) is 2.81. The number of hydrogen-bond acceptors (Lipinski definition) is 3. The van der Waals surface area contributed by atoms with Crippen molar-refractivity contribution in [2.45, 2.75) is 64.8 Å². The molecule has 1 saturated carbocycles. The van der Waals surface area contributed by atoms with Gasteiger partial charge < -0.3 is 10.6 Å². The van der Waals surface area contributed by atoms with Crippen molar-refractivity contribution in [2.75, 3.05) is 26.2 Å². The van der Waals surface area contributed by atoms with Crippen molar-refractivity contribution < 1.29 is 9.59 Å². The lowest BCUT2D eigenvalue weighted by molar-refractivity contribution is -0.125. The zero-order valence-electron chi connectivity index (χ0n) is 13.6. The first-order valence-corrected chi connectivity index (χ1v) is 8.44. The van der Waals surface area contributed by atoms with Crippen LogP contribution < -0.4 is 10.6 Å². The van der Waals surface area contributed by atoms with Gasteiger partial charge in [-0.2, -0.15) is 0 Å². The second kappa shape index (κ2) is 10.6. The van der Waals surface area contributed by atoms with Gasteiger partial charge in [0.1, 0.15) is 0 Å². The van der Waals surface area contributed by atoms with Gasteiger partial charge in [0.15, 0.2) is 0 Å². The molecule has 0 aromatic heterocycles. The Morgan fingerprint density at radius 2 is 1.52 bits per heavy atom. The Bertz CT molecular complexity index is 313. The van der Waals surface area contributed by atoms with Gasteiger partial charge in [0.05, 0.1) is 13.1 Å². The van der Waals surface area contributed by atoms with E-state index in [1.807, 2.05) is 18.7 Å². The van der Waals surface area contributed by atoms with E-state index in [-0.39, 0.29) is 11.8 Å². The van der Waals surface area contributed by atoms with E-state index in [1.165, 1.54) is 32.1 Å². The number of carbonyl (C=O) groups is 2. The lowest BCUT2D eigenvalue weighted by Gasteiger charge is -2.24. The van der Waals surface area contributed by atoms with E-state index >= 15 is 0 Å². The molecule has 5 nitrogen and oxygen atoms in total. The van der Waals surface area contributed by atoms with Crippen LogP contribution in [0.3, 0.4) is 0 Å². The smallest absolute Gasteiger partial charge is 0.234 e. The van der Waals surface area contributed by atoms with E-state index in [0.717, 1.165) is 12.8 Å². The van der Waals surface area contributed by atoms with E-state index in [9.17, 15) is 9.59 Å². The largest absolute Gasteiger partial charge is 0.355 e. The third kappa shape index (κ3) is 8.05. The summed E-state index contributed by atoms with van der Waals surface area (Å²) in [5, 5.41) is 5.91.